The zero-order valence-electron chi connectivity index (χ0n) is 11.5. The van der Waals surface area contributed by atoms with Crippen LogP contribution in [0.5, 0.6) is 0 Å². The number of benzene rings is 1. The number of hydrogen-bond donors (Lipinski definition) is 1. The highest BCUT2D eigenvalue weighted by molar-refractivity contribution is 6.33. The first-order chi connectivity index (χ1) is 9.10. The molecule has 1 aromatic carbocycles. The quantitative estimate of drug-likeness (QED) is 0.618. The van der Waals surface area contributed by atoms with Crippen LogP contribution in [0.15, 0.2) is 18.2 Å². The normalized spacial score (nSPS) is 12.0. The molecule has 0 aliphatic heterocycles. The van der Waals surface area contributed by atoms with Crippen molar-refractivity contribution < 1.29 is 14.3 Å². The molecular weight excluding hydrogens is 266 g/mol. The van der Waals surface area contributed by atoms with E-state index in [4.69, 9.17) is 21.1 Å². The summed E-state index contributed by atoms with van der Waals surface area (Å²) in [6, 6.07) is 5.22. The second-order valence-electron chi connectivity index (χ2n) is 4.15. The molecule has 5 heteroatoms. The van der Waals surface area contributed by atoms with Crippen molar-refractivity contribution in [3.8, 4) is 0 Å². The largest absolute Gasteiger partial charge is 0.462 e. The summed E-state index contributed by atoms with van der Waals surface area (Å²) in [7, 11) is 1.56. The van der Waals surface area contributed by atoms with Crippen molar-refractivity contribution in [1.29, 1.82) is 0 Å². The standard InChI is InChI=1S/C14H20ClNO3/c1-4-11-6-5-7-12(15)13(11)16-10(2)14(17)19-9-8-18-3/h5-7,10,16H,4,8-9H2,1-3H3. The van der Waals surface area contributed by atoms with Gasteiger partial charge in [0.1, 0.15) is 12.6 Å². The van der Waals surface area contributed by atoms with E-state index < -0.39 is 6.04 Å². The topological polar surface area (TPSA) is 47.6 Å². The molecule has 1 rings (SSSR count). The molecule has 0 fully saturated rings. The van der Waals surface area contributed by atoms with Crippen molar-refractivity contribution in [3.05, 3.63) is 28.8 Å². The third-order valence-corrected chi connectivity index (χ3v) is 3.04. The second kappa shape index (κ2) is 8.02. The van der Waals surface area contributed by atoms with Crippen molar-refractivity contribution in [1.82, 2.24) is 0 Å². The van der Waals surface area contributed by atoms with Crippen LogP contribution in [-0.4, -0.2) is 32.3 Å². The number of methoxy groups -OCH3 is 1. The minimum Gasteiger partial charge on any atom is -0.462 e. The zero-order valence-corrected chi connectivity index (χ0v) is 12.3. The molecule has 0 radical (unpaired) electrons. The van der Waals surface area contributed by atoms with Gasteiger partial charge in [-0.05, 0) is 25.0 Å². The SMILES string of the molecule is CCc1cccc(Cl)c1NC(C)C(=O)OCCOC. The van der Waals surface area contributed by atoms with Crippen LogP contribution in [-0.2, 0) is 20.7 Å². The Morgan fingerprint density at radius 3 is 2.79 bits per heavy atom. The predicted octanol–water partition coefficient (Wildman–Crippen LogP) is 2.89. The highest BCUT2D eigenvalue weighted by Crippen LogP contribution is 2.27. The van der Waals surface area contributed by atoms with Gasteiger partial charge in [0.2, 0.25) is 0 Å². The van der Waals surface area contributed by atoms with Gasteiger partial charge in [-0.2, -0.15) is 0 Å². The van der Waals surface area contributed by atoms with Crippen molar-refractivity contribution in [2.24, 2.45) is 0 Å². The first-order valence-electron chi connectivity index (χ1n) is 6.29. The number of nitrogens with one attached hydrogen (secondary N) is 1. The third-order valence-electron chi connectivity index (χ3n) is 2.73. The number of para-hydroxylation sites is 1. The van der Waals surface area contributed by atoms with E-state index in [2.05, 4.69) is 5.32 Å². The maximum atomic E-state index is 11.7. The van der Waals surface area contributed by atoms with Crippen molar-refractivity contribution >= 4 is 23.3 Å². The summed E-state index contributed by atoms with van der Waals surface area (Å²) in [5, 5.41) is 3.72. The van der Waals surface area contributed by atoms with Gasteiger partial charge in [-0.25, -0.2) is 4.79 Å². The highest BCUT2D eigenvalue weighted by Gasteiger charge is 2.16. The van der Waals surface area contributed by atoms with E-state index in [1.54, 1.807) is 20.1 Å². The maximum Gasteiger partial charge on any atom is 0.328 e. The number of rotatable bonds is 7. The Morgan fingerprint density at radius 1 is 1.42 bits per heavy atom. The average Bonchev–Trinajstić information content (AvgIpc) is 2.41. The minimum absolute atomic E-state index is 0.254. The summed E-state index contributed by atoms with van der Waals surface area (Å²) in [6.45, 7) is 4.44. The molecular formula is C14H20ClNO3. The first-order valence-corrected chi connectivity index (χ1v) is 6.67. The predicted molar refractivity (Wildman–Crippen MR) is 76.7 cm³/mol. The lowest BCUT2D eigenvalue weighted by Crippen LogP contribution is -2.29. The summed E-state index contributed by atoms with van der Waals surface area (Å²) in [5.74, 6) is -0.320. The van der Waals surface area contributed by atoms with Crippen LogP contribution in [0.2, 0.25) is 5.02 Å². The van der Waals surface area contributed by atoms with E-state index in [9.17, 15) is 4.79 Å². The van der Waals surface area contributed by atoms with E-state index >= 15 is 0 Å². The van der Waals surface area contributed by atoms with Gasteiger partial charge in [0.05, 0.1) is 17.3 Å². The molecule has 1 aromatic rings. The van der Waals surface area contributed by atoms with E-state index in [0.717, 1.165) is 17.7 Å². The van der Waals surface area contributed by atoms with Crippen LogP contribution in [0.1, 0.15) is 19.4 Å². The molecule has 0 heterocycles. The van der Waals surface area contributed by atoms with Crippen LogP contribution < -0.4 is 5.32 Å². The lowest BCUT2D eigenvalue weighted by molar-refractivity contribution is -0.145. The molecule has 1 N–H and O–H groups in total. The van der Waals surface area contributed by atoms with Gasteiger partial charge in [-0.3, -0.25) is 0 Å². The molecule has 0 aliphatic carbocycles. The van der Waals surface area contributed by atoms with Crippen LogP contribution in [0, 0.1) is 0 Å². The van der Waals surface area contributed by atoms with E-state index in [1.807, 2.05) is 19.1 Å². The lowest BCUT2D eigenvalue weighted by atomic mass is 10.1. The molecule has 0 spiro atoms. The van der Waals surface area contributed by atoms with Crippen LogP contribution in [0.3, 0.4) is 0 Å². The molecule has 0 amide bonds. The van der Waals surface area contributed by atoms with Gasteiger partial charge in [-0.15, -0.1) is 0 Å². The number of esters is 1. The van der Waals surface area contributed by atoms with E-state index in [0.29, 0.717) is 11.6 Å². The number of halogens is 1. The molecule has 0 aliphatic rings. The van der Waals surface area contributed by atoms with Gasteiger partial charge in [0.25, 0.3) is 0 Å². The van der Waals surface area contributed by atoms with Crippen LogP contribution >= 0.6 is 11.6 Å². The first kappa shape index (κ1) is 15.8. The lowest BCUT2D eigenvalue weighted by Gasteiger charge is -2.18. The third kappa shape index (κ3) is 4.73. The molecule has 1 atom stereocenters. The van der Waals surface area contributed by atoms with Crippen LogP contribution in [0.25, 0.3) is 0 Å². The maximum absolute atomic E-state index is 11.7. The summed E-state index contributed by atoms with van der Waals surface area (Å²) in [6.07, 6.45) is 0.842. The molecule has 0 bridgehead atoms. The van der Waals surface area contributed by atoms with Gasteiger partial charge in [0.15, 0.2) is 0 Å². The van der Waals surface area contributed by atoms with Crippen LogP contribution in [0.4, 0.5) is 5.69 Å². The van der Waals surface area contributed by atoms with Crippen molar-refractivity contribution in [2.45, 2.75) is 26.3 Å². The number of ether oxygens (including phenoxy) is 2. The fourth-order valence-electron chi connectivity index (χ4n) is 1.65. The highest BCUT2D eigenvalue weighted by atomic mass is 35.5. The smallest absolute Gasteiger partial charge is 0.328 e. The van der Waals surface area contributed by atoms with Crippen molar-refractivity contribution in [3.63, 3.8) is 0 Å². The Balaban J connectivity index is 2.66. The minimum atomic E-state index is -0.456. The summed E-state index contributed by atoms with van der Waals surface area (Å²) < 4.78 is 9.89. The number of anilines is 1. The molecule has 4 nitrogen and oxygen atoms in total. The molecule has 106 valence electrons. The van der Waals surface area contributed by atoms with Gasteiger partial charge in [-0.1, -0.05) is 30.7 Å². The van der Waals surface area contributed by atoms with Crippen molar-refractivity contribution in [2.75, 3.05) is 25.6 Å². The molecule has 1 unspecified atom stereocenters. The number of carbonyl (C=O) groups is 1. The number of aryl methyl sites for hydroxylation is 1. The number of hydrogen-bond acceptors (Lipinski definition) is 4. The Labute approximate surface area is 119 Å². The Bertz CT molecular complexity index is 423. The van der Waals surface area contributed by atoms with E-state index in [-0.39, 0.29) is 12.6 Å². The van der Waals surface area contributed by atoms with Gasteiger partial charge < -0.3 is 14.8 Å². The Hall–Kier alpha value is -1.26. The van der Waals surface area contributed by atoms with E-state index in [1.165, 1.54) is 0 Å². The van der Waals surface area contributed by atoms with Gasteiger partial charge >= 0.3 is 5.97 Å². The summed E-state index contributed by atoms with van der Waals surface area (Å²) >= 11 is 6.15. The summed E-state index contributed by atoms with van der Waals surface area (Å²) in [5.41, 5.74) is 1.87. The molecule has 0 saturated heterocycles. The fourth-order valence-corrected chi connectivity index (χ4v) is 1.90. The average molecular weight is 286 g/mol. The zero-order chi connectivity index (χ0) is 14.3. The van der Waals surface area contributed by atoms with Gasteiger partial charge in [0, 0.05) is 7.11 Å². The molecule has 0 aromatic heterocycles. The fraction of sp³-hybridized carbons (Fsp3) is 0.500. The Kier molecular flexibility index (Phi) is 6.67. The summed E-state index contributed by atoms with van der Waals surface area (Å²) in [4.78, 5) is 11.7. The number of carbonyl (C=O) groups excluding carboxylic acids is 1. The molecule has 19 heavy (non-hydrogen) atoms. The second-order valence-corrected chi connectivity index (χ2v) is 4.56. The Morgan fingerprint density at radius 2 is 2.16 bits per heavy atom. The molecule has 0 saturated carbocycles. The monoisotopic (exact) mass is 285 g/mol.